The van der Waals surface area contributed by atoms with E-state index >= 15 is 0 Å². The molecule has 1 N–H and O–H groups in total. The summed E-state index contributed by atoms with van der Waals surface area (Å²) >= 11 is 3.76. The number of hydrogen-bond donors (Lipinski definition) is 1. The van der Waals surface area contributed by atoms with Gasteiger partial charge in [0, 0.05) is 15.5 Å². The molecule has 1 nitrogen and oxygen atoms in total. The van der Waals surface area contributed by atoms with E-state index in [4.69, 9.17) is 0 Å². The van der Waals surface area contributed by atoms with Crippen LogP contribution in [0.15, 0.2) is 46.7 Å². The highest BCUT2D eigenvalue weighted by molar-refractivity contribution is 7.99. The maximum Gasteiger partial charge on any atom is 0.0510 e. The lowest BCUT2D eigenvalue weighted by Gasteiger charge is -2.16. The highest BCUT2D eigenvalue weighted by Gasteiger charge is 2.11. The van der Waals surface area contributed by atoms with Gasteiger partial charge in [0.2, 0.25) is 0 Å². The van der Waals surface area contributed by atoms with Crippen molar-refractivity contribution in [2.45, 2.75) is 24.8 Å². The molecule has 0 aliphatic rings. The van der Waals surface area contributed by atoms with Crippen LogP contribution in [0, 0.1) is 6.92 Å². The molecule has 0 amide bonds. The summed E-state index contributed by atoms with van der Waals surface area (Å²) in [6.07, 6.45) is 0. The van der Waals surface area contributed by atoms with Crippen LogP contribution in [0.5, 0.6) is 0 Å². The predicted molar refractivity (Wildman–Crippen MR) is 82.6 cm³/mol. The summed E-state index contributed by atoms with van der Waals surface area (Å²) in [5, 5.41) is 5.71. The summed E-state index contributed by atoms with van der Waals surface area (Å²) in [6, 6.07) is 13.5. The molecule has 0 aliphatic heterocycles. The van der Waals surface area contributed by atoms with Crippen molar-refractivity contribution in [3.8, 4) is 0 Å². The summed E-state index contributed by atoms with van der Waals surface area (Å²) in [7, 11) is 0. The molecule has 3 heteroatoms. The normalized spacial score (nSPS) is 12.6. The molecule has 0 fully saturated rings. The van der Waals surface area contributed by atoms with Gasteiger partial charge < -0.3 is 5.32 Å². The zero-order chi connectivity index (χ0) is 12.8. The van der Waals surface area contributed by atoms with Gasteiger partial charge in [0.15, 0.2) is 0 Å². The third-order valence-electron chi connectivity index (χ3n) is 2.74. The minimum atomic E-state index is 0.459. The number of hydrogen-bond acceptors (Lipinski definition) is 3. The van der Waals surface area contributed by atoms with E-state index in [9.17, 15) is 0 Å². The summed E-state index contributed by atoms with van der Waals surface area (Å²) in [4.78, 5) is 2.78. The van der Waals surface area contributed by atoms with Crippen molar-refractivity contribution in [2.75, 3.05) is 12.3 Å². The third-order valence-corrected chi connectivity index (χ3v) is 4.82. The van der Waals surface area contributed by atoms with Crippen LogP contribution in [0.25, 0.3) is 0 Å². The highest BCUT2D eigenvalue weighted by atomic mass is 32.2. The Labute approximate surface area is 118 Å². The lowest BCUT2D eigenvalue weighted by molar-refractivity contribution is 0.615. The molecule has 2 rings (SSSR count). The Morgan fingerprint density at radius 1 is 1.28 bits per heavy atom. The van der Waals surface area contributed by atoms with Crippen LogP contribution in [-0.4, -0.2) is 12.3 Å². The Kier molecular flexibility index (Phi) is 5.29. The van der Waals surface area contributed by atoms with E-state index < -0.39 is 0 Å². The van der Waals surface area contributed by atoms with Crippen molar-refractivity contribution >= 4 is 23.1 Å². The molecular weight excluding hydrogens is 258 g/mol. The lowest BCUT2D eigenvalue weighted by Crippen LogP contribution is -2.21. The fourth-order valence-electron chi connectivity index (χ4n) is 1.86. The van der Waals surface area contributed by atoms with Gasteiger partial charge in [-0.3, -0.25) is 0 Å². The molecule has 1 aromatic carbocycles. The molecular formula is C15H19NS2. The molecule has 18 heavy (non-hydrogen) atoms. The van der Waals surface area contributed by atoms with Crippen LogP contribution >= 0.6 is 23.1 Å². The van der Waals surface area contributed by atoms with Gasteiger partial charge in [0.25, 0.3) is 0 Å². The lowest BCUT2D eigenvalue weighted by atomic mass is 10.2. The van der Waals surface area contributed by atoms with Gasteiger partial charge in [0.1, 0.15) is 0 Å². The first-order chi connectivity index (χ1) is 8.79. The topological polar surface area (TPSA) is 12.0 Å². The average Bonchev–Trinajstić information content (AvgIpc) is 2.88. The van der Waals surface area contributed by atoms with Crippen molar-refractivity contribution in [3.63, 3.8) is 0 Å². The van der Waals surface area contributed by atoms with Crippen molar-refractivity contribution in [3.05, 3.63) is 52.2 Å². The molecule has 1 atom stereocenters. The second-order valence-corrected chi connectivity index (χ2v) is 6.33. The smallest absolute Gasteiger partial charge is 0.0510 e. The van der Waals surface area contributed by atoms with Gasteiger partial charge in [-0.2, -0.15) is 0 Å². The summed E-state index contributed by atoms with van der Waals surface area (Å²) in [5.41, 5.74) is 1.33. The minimum absolute atomic E-state index is 0.459. The van der Waals surface area contributed by atoms with E-state index in [1.807, 2.05) is 23.1 Å². The fourth-order valence-corrected chi connectivity index (χ4v) is 3.87. The molecule has 1 aromatic heterocycles. The van der Waals surface area contributed by atoms with E-state index in [2.05, 4.69) is 60.9 Å². The van der Waals surface area contributed by atoms with Gasteiger partial charge in [-0.1, -0.05) is 30.7 Å². The first-order valence-electron chi connectivity index (χ1n) is 6.26. The van der Waals surface area contributed by atoms with Gasteiger partial charge in [-0.25, -0.2) is 0 Å². The summed E-state index contributed by atoms with van der Waals surface area (Å²) in [5.74, 6) is 1.08. The number of nitrogens with one attached hydrogen (secondary N) is 1. The van der Waals surface area contributed by atoms with E-state index in [0.717, 1.165) is 12.3 Å². The van der Waals surface area contributed by atoms with Crippen LogP contribution in [0.1, 0.15) is 23.4 Å². The fraction of sp³-hybridized carbons (Fsp3) is 0.333. The number of thioether (sulfide) groups is 1. The van der Waals surface area contributed by atoms with Gasteiger partial charge >= 0.3 is 0 Å². The summed E-state index contributed by atoms with van der Waals surface area (Å²) in [6.45, 7) is 5.32. The largest absolute Gasteiger partial charge is 0.309 e. The molecule has 0 bridgehead atoms. The summed E-state index contributed by atoms with van der Waals surface area (Å²) < 4.78 is 0. The number of benzene rings is 1. The minimum Gasteiger partial charge on any atom is -0.309 e. The maximum absolute atomic E-state index is 3.56. The SMILES string of the molecule is CCNC(CSc1cccc(C)c1)c1cccs1. The number of rotatable bonds is 6. The second kappa shape index (κ2) is 6.98. The molecule has 0 spiro atoms. The Morgan fingerprint density at radius 2 is 2.17 bits per heavy atom. The van der Waals surface area contributed by atoms with Crippen molar-refractivity contribution in [2.24, 2.45) is 0 Å². The molecule has 96 valence electrons. The van der Waals surface area contributed by atoms with Crippen LogP contribution in [0.4, 0.5) is 0 Å². The van der Waals surface area contributed by atoms with Crippen molar-refractivity contribution in [1.82, 2.24) is 5.32 Å². The number of thiophene rings is 1. The Morgan fingerprint density at radius 3 is 2.83 bits per heavy atom. The zero-order valence-electron chi connectivity index (χ0n) is 10.8. The quantitative estimate of drug-likeness (QED) is 0.780. The van der Waals surface area contributed by atoms with Crippen LogP contribution in [0.3, 0.4) is 0 Å². The number of aryl methyl sites for hydroxylation is 1. The van der Waals surface area contributed by atoms with Crippen molar-refractivity contribution in [1.29, 1.82) is 0 Å². The molecule has 0 radical (unpaired) electrons. The average molecular weight is 277 g/mol. The van der Waals surface area contributed by atoms with E-state index in [1.54, 1.807) is 0 Å². The van der Waals surface area contributed by atoms with Crippen LogP contribution in [-0.2, 0) is 0 Å². The Bertz CT molecular complexity index is 465. The first kappa shape index (κ1) is 13.7. The van der Waals surface area contributed by atoms with Crippen LogP contribution in [0.2, 0.25) is 0 Å². The van der Waals surface area contributed by atoms with Gasteiger partial charge in [-0.05, 0) is 37.0 Å². The van der Waals surface area contributed by atoms with Gasteiger partial charge in [0.05, 0.1) is 6.04 Å². The van der Waals surface area contributed by atoms with Crippen LogP contribution < -0.4 is 5.32 Å². The van der Waals surface area contributed by atoms with E-state index in [0.29, 0.717) is 6.04 Å². The zero-order valence-corrected chi connectivity index (χ0v) is 12.5. The molecule has 0 aliphatic carbocycles. The maximum atomic E-state index is 3.56. The standard InChI is InChI=1S/C15H19NS2/c1-3-16-14(15-8-5-9-17-15)11-18-13-7-4-6-12(2)10-13/h4-10,14,16H,3,11H2,1-2H3. The van der Waals surface area contributed by atoms with E-state index in [1.165, 1.54) is 15.3 Å². The van der Waals surface area contributed by atoms with Gasteiger partial charge in [-0.15, -0.1) is 23.1 Å². The first-order valence-corrected chi connectivity index (χ1v) is 8.12. The molecule has 1 unspecified atom stereocenters. The van der Waals surface area contributed by atoms with Crippen molar-refractivity contribution < 1.29 is 0 Å². The molecule has 0 saturated carbocycles. The predicted octanol–water partition coefficient (Wildman–Crippen LogP) is 4.50. The second-order valence-electron chi connectivity index (χ2n) is 4.25. The monoisotopic (exact) mass is 277 g/mol. The van der Waals surface area contributed by atoms with E-state index in [-0.39, 0.29) is 0 Å². The Hall–Kier alpha value is -0.770. The Balaban J connectivity index is 1.98. The third kappa shape index (κ3) is 3.87. The highest BCUT2D eigenvalue weighted by Crippen LogP contribution is 2.27. The molecule has 2 aromatic rings. The molecule has 0 saturated heterocycles. The molecule has 1 heterocycles.